The molecule has 0 unspecified atom stereocenters. The van der Waals surface area contributed by atoms with Gasteiger partial charge in [-0.1, -0.05) is 62.4 Å². The Morgan fingerprint density at radius 2 is 1.11 bits per heavy atom. The van der Waals surface area contributed by atoms with Crippen LogP contribution >= 0.6 is 0 Å². The third-order valence-corrected chi connectivity index (χ3v) is 9.10. The van der Waals surface area contributed by atoms with Crippen LogP contribution in [-0.2, 0) is 23.9 Å². The second kappa shape index (κ2) is 12.0. The highest BCUT2D eigenvalue weighted by Crippen LogP contribution is 2.61. The first-order valence-corrected chi connectivity index (χ1v) is 15.6. The number of hydrogen-bond donors (Lipinski definition) is 1. The zero-order valence-electron chi connectivity index (χ0n) is 25.8. The van der Waals surface area contributed by atoms with Crippen molar-refractivity contribution in [1.82, 2.24) is 0 Å². The molecule has 1 aliphatic heterocycles. The van der Waals surface area contributed by atoms with E-state index in [1.54, 1.807) is 36.4 Å². The Hall–Kier alpha value is -5.57. The van der Waals surface area contributed by atoms with Gasteiger partial charge in [-0.3, -0.25) is 14.4 Å². The molecule has 3 amide bonds. The first-order chi connectivity index (χ1) is 22.7. The number of benzene rings is 4. The van der Waals surface area contributed by atoms with Crippen molar-refractivity contribution in [3.63, 3.8) is 0 Å². The van der Waals surface area contributed by atoms with Crippen LogP contribution in [0.5, 0.6) is 0 Å². The zero-order chi connectivity index (χ0) is 32.8. The summed E-state index contributed by atoms with van der Waals surface area (Å²) in [7, 11) is 0. The summed E-state index contributed by atoms with van der Waals surface area (Å²) in [5, 5.41) is 2.62. The molecule has 0 radical (unpaired) electrons. The van der Waals surface area contributed by atoms with Crippen molar-refractivity contribution in [1.29, 1.82) is 0 Å². The van der Waals surface area contributed by atoms with Gasteiger partial charge < -0.3 is 14.8 Å². The highest BCUT2D eigenvalue weighted by Gasteiger charge is 2.61. The summed E-state index contributed by atoms with van der Waals surface area (Å²) >= 11 is 0. The van der Waals surface area contributed by atoms with Gasteiger partial charge in [0.15, 0.2) is 6.61 Å². The molecule has 9 heteroatoms. The molecule has 4 aliphatic rings. The largest absolute Gasteiger partial charge is 0.462 e. The van der Waals surface area contributed by atoms with Crippen molar-refractivity contribution in [2.24, 2.45) is 17.8 Å². The Morgan fingerprint density at radius 3 is 1.57 bits per heavy atom. The quantitative estimate of drug-likeness (QED) is 0.197. The predicted octanol–water partition coefficient (Wildman–Crippen LogP) is 5.69. The fraction of sp³-hybridized carbons (Fsp3) is 0.237. The lowest BCUT2D eigenvalue weighted by Crippen LogP contribution is -2.41. The van der Waals surface area contributed by atoms with E-state index in [2.05, 4.69) is 29.6 Å². The number of amides is 3. The van der Waals surface area contributed by atoms with Gasteiger partial charge in [-0.2, -0.15) is 0 Å². The number of carbonyl (C=O) groups excluding carboxylic acids is 5. The molecule has 1 saturated heterocycles. The normalized spacial score (nSPS) is 20.4. The summed E-state index contributed by atoms with van der Waals surface area (Å²) in [6.45, 7) is 3.67. The molecule has 4 aromatic rings. The molecular formula is C38H32N2O7. The number of nitrogens with zero attached hydrogens (tertiary/aromatic N) is 1. The fourth-order valence-electron chi connectivity index (χ4n) is 7.11. The number of esters is 2. The van der Waals surface area contributed by atoms with E-state index < -0.39 is 36.3 Å². The number of hydrogen-bond acceptors (Lipinski definition) is 7. The molecule has 2 atom stereocenters. The smallest absolute Gasteiger partial charge is 0.338 e. The molecule has 1 fully saturated rings. The lowest BCUT2D eigenvalue weighted by atomic mass is 9.55. The number of carbonyl (C=O) groups is 5. The minimum atomic E-state index is -0.730. The topological polar surface area (TPSA) is 119 Å². The fourth-order valence-corrected chi connectivity index (χ4v) is 7.11. The van der Waals surface area contributed by atoms with E-state index in [9.17, 15) is 24.0 Å². The van der Waals surface area contributed by atoms with Crippen LogP contribution in [0.3, 0.4) is 0 Å². The summed E-state index contributed by atoms with van der Waals surface area (Å²) in [6.07, 6.45) is 0. The average Bonchev–Trinajstić information content (AvgIpc) is 3.36. The van der Waals surface area contributed by atoms with E-state index in [1.807, 2.05) is 38.1 Å². The maximum absolute atomic E-state index is 14.0. The lowest BCUT2D eigenvalue weighted by molar-refractivity contribution is -0.122. The van der Waals surface area contributed by atoms with Crippen LogP contribution in [-0.4, -0.2) is 42.9 Å². The molecule has 8 rings (SSSR count). The van der Waals surface area contributed by atoms with Gasteiger partial charge in [-0.15, -0.1) is 0 Å². The minimum Gasteiger partial charge on any atom is -0.462 e. The predicted molar refractivity (Wildman–Crippen MR) is 173 cm³/mol. The first-order valence-electron chi connectivity index (χ1n) is 15.6. The highest BCUT2D eigenvalue weighted by atomic mass is 16.5. The van der Waals surface area contributed by atoms with E-state index >= 15 is 0 Å². The molecule has 0 spiro atoms. The minimum absolute atomic E-state index is 0.169. The molecular weight excluding hydrogens is 596 g/mol. The number of imide groups is 1. The Morgan fingerprint density at radius 1 is 0.660 bits per heavy atom. The van der Waals surface area contributed by atoms with Crippen molar-refractivity contribution in [3.05, 3.63) is 130 Å². The van der Waals surface area contributed by atoms with Crippen molar-refractivity contribution in [2.75, 3.05) is 23.4 Å². The molecule has 0 saturated carbocycles. The number of ether oxygens (including phenoxy) is 2. The third-order valence-electron chi connectivity index (χ3n) is 9.10. The van der Waals surface area contributed by atoms with Gasteiger partial charge in [0.05, 0.1) is 35.3 Å². The van der Waals surface area contributed by atoms with Crippen LogP contribution < -0.4 is 10.2 Å². The van der Waals surface area contributed by atoms with Gasteiger partial charge >= 0.3 is 11.9 Å². The van der Waals surface area contributed by atoms with Gasteiger partial charge in [0.2, 0.25) is 11.8 Å². The number of rotatable bonds is 8. The van der Waals surface area contributed by atoms with Crippen molar-refractivity contribution in [3.8, 4) is 0 Å². The van der Waals surface area contributed by atoms with Gasteiger partial charge in [-0.05, 0) is 76.7 Å². The molecule has 3 aliphatic carbocycles. The van der Waals surface area contributed by atoms with Gasteiger partial charge in [0.1, 0.15) is 0 Å². The summed E-state index contributed by atoms with van der Waals surface area (Å²) in [5.74, 6) is -3.43. The SMILES string of the molecule is CC(C)COC(=O)c1ccc(NC(=O)COC(=O)c2ccc(N3C(=O)[C@@H]4C5c6ccccc6C(c6ccccc65)[C@H]4C3=O)cc2)cc1. The van der Waals surface area contributed by atoms with Crippen LogP contribution in [0.25, 0.3) is 0 Å². The number of anilines is 2. The van der Waals surface area contributed by atoms with Crippen molar-refractivity contribution < 1.29 is 33.4 Å². The molecule has 236 valence electrons. The molecule has 0 aromatic heterocycles. The Bertz CT molecular complexity index is 1800. The summed E-state index contributed by atoms with van der Waals surface area (Å²) in [4.78, 5) is 66.4. The summed E-state index contributed by atoms with van der Waals surface area (Å²) in [5.41, 5.74) is 5.73. The van der Waals surface area contributed by atoms with Crippen molar-refractivity contribution in [2.45, 2.75) is 25.7 Å². The Labute approximate surface area is 271 Å². The van der Waals surface area contributed by atoms with Gasteiger partial charge in [0, 0.05) is 17.5 Å². The molecule has 4 aromatic carbocycles. The average molecular weight is 629 g/mol. The van der Waals surface area contributed by atoms with E-state index in [0.29, 0.717) is 23.5 Å². The van der Waals surface area contributed by atoms with E-state index in [-0.39, 0.29) is 35.1 Å². The highest BCUT2D eigenvalue weighted by molar-refractivity contribution is 6.23. The lowest BCUT2D eigenvalue weighted by Gasteiger charge is -2.45. The third kappa shape index (κ3) is 5.27. The van der Waals surface area contributed by atoms with Crippen LogP contribution in [0.1, 0.15) is 68.7 Å². The van der Waals surface area contributed by atoms with Crippen LogP contribution in [0.15, 0.2) is 97.1 Å². The summed E-state index contributed by atoms with van der Waals surface area (Å²) in [6, 6.07) is 28.4. The van der Waals surface area contributed by atoms with Crippen LogP contribution in [0, 0.1) is 17.8 Å². The second-order valence-corrected chi connectivity index (χ2v) is 12.5. The van der Waals surface area contributed by atoms with E-state index in [1.165, 1.54) is 17.0 Å². The molecule has 1 N–H and O–H groups in total. The van der Waals surface area contributed by atoms with Crippen LogP contribution in [0.4, 0.5) is 11.4 Å². The standard InChI is InChI=1S/C38H32N2O7/c1-21(2)19-46-37(44)22-11-15-24(16-12-22)39-30(41)20-47-38(45)23-13-17-25(18-14-23)40-35(42)33-31-26-7-3-4-8-27(26)32(34(33)36(40)43)29-10-6-5-9-28(29)31/h3-18,21,31-34H,19-20H2,1-2H3,(H,39,41)/t31?,32?,33-,34-/m1/s1. The molecule has 1 heterocycles. The zero-order valence-corrected chi connectivity index (χ0v) is 25.8. The molecule has 47 heavy (non-hydrogen) atoms. The monoisotopic (exact) mass is 628 g/mol. The summed E-state index contributed by atoms with van der Waals surface area (Å²) < 4.78 is 10.4. The van der Waals surface area contributed by atoms with Gasteiger partial charge in [0.25, 0.3) is 5.91 Å². The Balaban J connectivity index is 0.998. The van der Waals surface area contributed by atoms with Gasteiger partial charge in [-0.25, -0.2) is 14.5 Å². The van der Waals surface area contributed by atoms with Crippen molar-refractivity contribution >= 4 is 41.0 Å². The number of nitrogens with one attached hydrogen (secondary N) is 1. The van der Waals surface area contributed by atoms with Crippen LogP contribution in [0.2, 0.25) is 0 Å². The maximum Gasteiger partial charge on any atom is 0.338 e. The van der Waals surface area contributed by atoms with E-state index in [4.69, 9.17) is 9.47 Å². The maximum atomic E-state index is 14.0. The Kier molecular flexibility index (Phi) is 7.67. The first kappa shape index (κ1) is 30.1. The molecule has 9 nitrogen and oxygen atoms in total. The second-order valence-electron chi connectivity index (χ2n) is 12.5. The van der Waals surface area contributed by atoms with E-state index in [0.717, 1.165) is 22.3 Å². The molecule has 2 bridgehead atoms.